The number of esters is 4. The van der Waals surface area contributed by atoms with E-state index in [-0.39, 0.29) is 88.4 Å². The summed E-state index contributed by atoms with van der Waals surface area (Å²) in [5.41, 5.74) is 14.3. The van der Waals surface area contributed by atoms with Crippen molar-refractivity contribution >= 4 is 139 Å². The van der Waals surface area contributed by atoms with Crippen LogP contribution < -0.4 is 40.0 Å². The molecule has 0 fully saturated rings. The minimum absolute atomic E-state index is 0.0490. The number of fused-ring (bicyclic) bond motifs is 8. The maximum atomic E-state index is 13.1. The second-order valence-corrected chi connectivity index (χ2v) is 41.5. The van der Waals surface area contributed by atoms with Crippen molar-refractivity contribution < 1.29 is 57.1 Å². The van der Waals surface area contributed by atoms with Gasteiger partial charge in [0.25, 0.3) is 0 Å². The number of carbonyl (C=O) groups is 4. The largest absolute Gasteiger partial charge is 0.490 e. The first-order valence-electron chi connectivity index (χ1n) is 45.5. The molecule has 0 saturated heterocycles. The molecule has 3 aromatic heterocycles. The molecule has 14 aromatic carbocycles. The summed E-state index contributed by atoms with van der Waals surface area (Å²) in [4.78, 5) is 94.6. The predicted octanol–water partition coefficient (Wildman–Crippen LogP) is 27.7. The molecule has 0 atom stereocenters. The first-order chi connectivity index (χ1) is 66.8. The van der Waals surface area contributed by atoms with Crippen molar-refractivity contribution in [3.8, 4) is 43.4 Å². The number of hydrogen-bond donors (Lipinski definition) is 0. The van der Waals surface area contributed by atoms with Crippen LogP contribution in [0.5, 0.6) is 28.7 Å². The van der Waals surface area contributed by atoms with Gasteiger partial charge in [0.05, 0.1) is 55.4 Å². The van der Waals surface area contributed by atoms with Gasteiger partial charge in [-0.15, -0.1) is 0 Å². The van der Waals surface area contributed by atoms with Crippen LogP contribution in [0.3, 0.4) is 0 Å². The van der Waals surface area contributed by atoms with Gasteiger partial charge in [-0.1, -0.05) is 172 Å². The quantitative estimate of drug-likeness (QED) is 0.00897. The Hall–Kier alpha value is -14.9. The van der Waals surface area contributed by atoms with Crippen LogP contribution >= 0.6 is 31.4 Å². The standard InChI is InChI=1S/C32H27O4S.C31H27O3S.C29H27O5S.C27H27O3S/c1-4-23-13-15-24(16-14-23)32(34)36-18-17-35-31-21(2)19-25(20-22(31)3)37-28-11-7-5-9-26(28)30(33)27-10-6-8-12-29(27)37;1-4-23-13-15-24(16-14-23)33-17-18-34-31-21(2)19-25(20-22(31)3)35-28-11-7-5-9-26(28)30(32)27-10-6-8-12-29(27)35;1-18(2)29(32)33-15-9-14-26(30)34-28-19(3)16-21(17-20(28)4)35-24-12-7-5-10-22(24)27(31)23-11-6-8-13-25(23)35;1-18(2)27(28)30-14-13-29-26-19(3)15-23(16-20(26)4)31-24-11-7-5-9-21(24)17-22-10-6-8-12-25(22)31/h4-16,19-20H,1,17-18H2,2-3H3;4-16,19-20H,1,17-18H2,2-3H3;5-8,10-13,16-17H,1,9,14-15H2,2-4H3;5-12,15-16H,1,13-14,17H2,2-4H3/q4*+1. The Kier molecular flexibility index (Phi) is 31.7. The van der Waals surface area contributed by atoms with Crippen molar-refractivity contribution in [3.05, 3.63) is 432 Å². The number of ether oxygens (including phenoxy) is 8. The van der Waals surface area contributed by atoms with Gasteiger partial charge in [-0.3, -0.25) is 19.2 Å². The fraction of sp³-hybridized carbons (Fsp3) is 0.168. The van der Waals surface area contributed by atoms with Crippen LogP contribution in [0.1, 0.15) is 104 Å². The van der Waals surface area contributed by atoms with Gasteiger partial charge in [-0.2, -0.15) is 0 Å². The van der Waals surface area contributed by atoms with Gasteiger partial charge < -0.3 is 37.9 Å². The van der Waals surface area contributed by atoms with Crippen LogP contribution in [0.2, 0.25) is 0 Å². The van der Waals surface area contributed by atoms with Crippen LogP contribution in [-0.2, 0) is 45.9 Å². The fourth-order valence-electron chi connectivity index (χ4n) is 17.0. The van der Waals surface area contributed by atoms with Crippen molar-refractivity contribution in [1.29, 1.82) is 0 Å². The smallest absolute Gasteiger partial charge is 0.338 e. The lowest BCUT2D eigenvalue weighted by Crippen LogP contribution is -2.16. The van der Waals surface area contributed by atoms with Gasteiger partial charge in [0.1, 0.15) is 68.4 Å². The fourth-order valence-corrected chi connectivity index (χ4v) is 27.1. The third-order valence-corrected chi connectivity index (χ3v) is 32.7. The van der Waals surface area contributed by atoms with E-state index in [2.05, 4.69) is 163 Å². The Bertz CT molecular complexity index is 7470. The van der Waals surface area contributed by atoms with E-state index in [0.29, 0.717) is 48.7 Å². The lowest BCUT2D eigenvalue weighted by molar-refractivity contribution is -0.141. The Morgan fingerprint density at radius 1 is 0.326 bits per heavy atom. The minimum Gasteiger partial charge on any atom is -0.490 e. The molecule has 1 aliphatic rings. The Morgan fingerprint density at radius 2 is 0.616 bits per heavy atom. The molecule has 0 spiro atoms. The van der Waals surface area contributed by atoms with Gasteiger partial charge in [0, 0.05) is 115 Å². The number of aryl methyl sites for hydroxylation is 8. The molecule has 694 valence electrons. The number of rotatable bonds is 27. The molecular formula is C119H108O15S4+4. The van der Waals surface area contributed by atoms with Gasteiger partial charge >= 0.3 is 23.9 Å². The highest BCUT2D eigenvalue weighted by atomic mass is 32.2. The zero-order valence-electron chi connectivity index (χ0n) is 79.0. The molecule has 0 aliphatic carbocycles. The minimum atomic E-state index is -0.464. The monoisotopic (exact) mass is 1900 g/mol. The highest BCUT2D eigenvalue weighted by Gasteiger charge is 2.38. The topological polar surface area (TPSA) is 193 Å². The van der Waals surface area contributed by atoms with E-state index in [0.717, 1.165) is 155 Å². The van der Waals surface area contributed by atoms with Crippen molar-refractivity contribution in [2.45, 2.75) is 103 Å². The molecule has 1 aliphatic heterocycles. The molecule has 19 heteroatoms. The lowest BCUT2D eigenvalue weighted by Gasteiger charge is -2.20. The molecule has 18 rings (SSSR count). The number of benzene rings is 14. The van der Waals surface area contributed by atoms with Crippen LogP contribution in [-0.4, -0.2) is 70.1 Å². The molecule has 4 heterocycles. The first-order valence-corrected chi connectivity index (χ1v) is 50.4. The Morgan fingerprint density at radius 3 is 0.964 bits per heavy atom. The molecule has 0 radical (unpaired) electrons. The molecule has 0 unspecified atom stereocenters. The first kappa shape index (κ1) is 97.7. The van der Waals surface area contributed by atoms with Crippen molar-refractivity contribution in [1.82, 2.24) is 0 Å². The average molecular weight is 1910 g/mol. The molecule has 0 N–H and O–H groups in total. The summed E-state index contributed by atoms with van der Waals surface area (Å²) < 4.78 is 51.5. The summed E-state index contributed by atoms with van der Waals surface area (Å²) in [5.74, 6) is 2.27. The highest BCUT2D eigenvalue weighted by Crippen LogP contribution is 2.50. The van der Waals surface area contributed by atoms with Gasteiger partial charge in [0.2, 0.25) is 16.3 Å². The Labute approximate surface area is 814 Å². The summed E-state index contributed by atoms with van der Waals surface area (Å²) >= 11 is 0. The molecule has 138 heavy (non-hydrogen) atoms. The summed E-state index contributed by atoms with van der Waals surface area (Å²) in [7, 11) is -1.34. The molecule has 17 aromatic rings. The summed E-state index contributed by atoms with van der Waals surface area (Å²) in [6.07, 6.45) is 5.03. The second-order valence-electron chi connectivity index (χ2n) is 33.7. The van der Waals surface area contributed by atoms with Crippen LogP contribution in [0.4, 0.5) is 0 Å². The molecular weight excluding hydrogens is 1800 g/mol. The van der Waals surface area contributed by atoms with E-state index in [1.807, 2.05) is 204 Å². The summed E-state index contributed by atoms with van der Waals surface area (Å²) in [5, 5.41) is 4.58. The van der Waals surface area contributed by atoms with E-state index in [4.69, 9.17) is 37.9 Å². The number of carbonyl (C=O) groups excluding carboxylic acids is 4. The lowest BCUT2D eigenvalue weighted by atomic mass is 10.0. The zero-order valence-corrected chi connectivity index (χ0v) is 82.3. The van der Waals surface area contributed by atoms with E-state index >= 15 is 0 Å². The van der Waals surface area contributed by atoms with Crippen LogP contribution in [0, 0.1) is 55.4 Å². The maximum Gasteiger partial charge on any atom is 0.338 e. The van der Waals surface area contributed by atoms with Crippen molar-refractivity contribution in [2.24, 2.45) is 0 Å². The van der Waals surface area contributed by atoms with Gasteiger partial charge in [-0.05, 0) is 240 Å². The predicted molar refractivity (Wildman–Crippen MR) is 569 cm³/mol. The third-order valence-electron chi connectivity index (χ3n) is 23.4. The second kappa shape index (κ2) is 44.7. The van der Waals surface area contributed by atoms with Crippen LogP contribution in [0.15, 0.2) is 358 Å². The molecule has 0 bridgehead atoms. The van der Waals surface area contributed by atoms with Crippen molar-refractivity contribution in [3.63, 3.8) is 0 Å². The number of hydrogen-bond acceptors (Lipinski definition) is 15. The normalized spacial score (nSPS) is 11.3. The summed E-state index contributed by atoms with van der Waals surface area (Å²) in [6, 6.07) is 97.0. The summed E-state index contributed by atoms with van der Waals surface area (Å²) in [6.45, 7) is 36.0. The SMILES string of the molecule is C=C(C)C(=O)OCCCC(=O)Oc1c(C)cc(-[s+]2c3ccccc3c(=O)c3ccccc32)cc1C.C=C(C)C(=O)OCCOc1c(C)cc([S+]2c3ccccc3Cc3ccccc32)cc1C.C=Cc1ccc(C(=O)OCCOc2c(C)cc(-[s+]3c4ccccc4c(=O)c4ccccc43)cc2C)cc1.C=Cc1ccc(OCCOc2c(C)cc(-[s+]3c4ccccc4c(=O)c4ccccc43)cc2C)cc1. The molecule has 0 amide bonds. The van der Waals surface area contributed by atoms with E-state index in [1.165, 1.54) is 30.7 Å². The van der Waals surface area contributed by atoms with Gasteiger partial charge in [-0.25, -0.2) is 14.4 Å². The van der Waals surface area contributed by atoms with Gasteiger partial charge in [0.15, 0.2) is 57.6 Å². The van der Waals surface area contributed by atoms with E-state index < -0.39 is 26.9 Å². The highest BCUT2D eigenvalue weighted by molar-refractivity contribution is 7.97. The maximum absolute atomic E-state index is 13.1. The van der Waals surface area contributed by atoms with E-state index in [9.17, 15) is 33.6 Å². The zero-order chi connectivity index (χ0) is 97.4. The molecule has 0 saturated carbocycles. The van der Waals surface area contributed by atoms with Crippen LogP contribution in [0.25, 0.3) is 87.4 Å². The Balaban J connectivity index is 0.000000140. The average Bonchev–Trinajstić information content (AvgIpc) is 0.754. The molecule has 15 nitrogen and oxygen atoms in total. The third kappa shape index (κ3) is 22.1. The van der Waals surface area contributed by atoms with E-state index in [1.54, 1.807) is 32.1 Å². The van der Waals surface area contributed by atoms with Crippen molar-refractivity contribution in [2.75, 3.05) is 46.2 Å².